The molecule has 1 N–H and O–H groups in total. The van der Waals surface area contributed by atoms with Gasteiger partial charge in [0.1, 0.15) is 4.88 Å². The van der Waals surface area contributed by atoms with Crippen LogP contribution in [0.3, 0.4) is 0 Å². The van der Waals surface area contributed by atoms with Gasteiger partial charge < -0.3 is 5.32 Å². The first-order valence-electron chi connectivity index (χ1n) is 6.79. The summed E-state index contributed by atoms with van der Waals surface area (Å²) in [7, 11) is 0. The fourth-order valence-electron chi connectivity index (χ4n) is 2.55. The minimum atomic E-state index is -0.241. The van der Waals surface area contributed by atoms with E-state index in [0.717, 1.165) is 31.4 Å². The van der Waals surface area contributed by atoms with Gasteiger partial charge in [0.2, 0.25) is 0 Å². The van der Waals surface area contributed by atoms with E-state index in [-0.39, 0.29) is 17.4 Å². The molecule has 19 heavy (non-hydrogen) atoms. The third-order valence-electron chi connectivity index (χ3n) is 3.71. The van der Waals surface area contributed by atoms with Crippen molar-refractivity contribution < 1.29 is 4.79 Å². The second-order valence-corrected chi connectivity index (χ2v) is 6.59. The average Bonchev–Trinajstić information content (AvgIpc) is 2.89. The molecule has 1 heterocycles. The number of rotatable bonds is 4. The highest BCUT2D eigenvalue weighted by Crippen LogP contribution is 2.30. The Kier molecular flexibility index (Phi) is 4.79. The largest absolute Gasteiger partial charge is 0.345 e. The minimum Gasteiger partial charge on any atom is -0.345 e. The molecule has 1 aromatic heterocycles. The van der Waals surface area contributed by atoms with Crippen molar-refractivity contribution in [2.75, 3.05) is 5.88 Å². The lowest BCUT2D eigenvalue weighted by molar-refractivity contribution is 0.0887. The first kappa shape index (κ1) is 14.7. The number of alkyl halides is 1. The van der Waals surface area contributed by atoms with Crippen molar-refractivity contribution in [2.24, 2.45) is 0 Å². The van der Waals surface area contributed by atoms with Crippen LogP contribution in [0.25, 0.3) is 0 Å². The van der Waals surface area contributed by atoms with Crippen LogP contribution in [0.15, 0.2) is 0 Å². The molecule has 0 spiro atoms. The molecule has 4 nitrogen and oxygen atoms in total. The maximum atomic E-state index is 12.4. The van der Waals surface area contributed by atoms with Gasteiger partial charge in [-0.25, -0.2) is 0 Å². The van der Waals surface area contributed by atoms with Gasteiger partial charge in [0.15, 0.2) is 0 Å². The van der Waals surface area contributed by atoms with Crippen LogP contribution in [-0.2, 0) is 0 Å². The Morgan fingerprint density at radius 2 is 2.11 bits per heavy atom. The van der Waals surface area contributed by atoms with Crippen molar-refractivity contribution in [3.8, 4) is 0 Å². The van der Waals surface area contributed by atoms with Gasteiger partial charge in [-0.2, -0.15) is 0 Å². The normalized spacial score (nSPS) is 18.5. The summed E-state index contributed by atoms with van der Waals surface area (Å²) in [6.07, 6.45) is 5.42. The summed E-state index contributed by atoms with van der Waals surface area (Å²) in [6, 6.07) is 0. The van der Waals surface area contributed by atoms with Crippen LogP contribution >= 0.6 is 23.1 Å². The Hall–Kier alpha value is -0.680. The molecule has 0 bridgehead atoms. The maximum Gasteiger partial charge on any atom is 0.265 e. The number of hydrogen-bond donors (Lipinski definition) is 1. The Morgan fingerprint density at radius 1 is 1.42 bits per heavy atom. The summed E-state index contributed by atoms with van der Waals surface area (Å²) in [5.41, 5.74) is 0.540. The number of halogens is 1. The van der Waals surface area contributed by atoms with Gasteiger partial charge in [-0.1, -0.05) is 37.6 Å². The van der Waals surface area contributed by atoms with Crippen LogP contribution in [0.1, 0.15) is 67.2 Å². The number of aromatic nitrogens is 2. The quantitative estimate of drug-likeness (QED) is 0.868. The van der Waals surface area contributed by atoms with Crippen LogP contribution in [0.2, 0.25) is 0 Å². The Bertz CT molecular complexity index is 441. The first-order chi connectivity index (χ1) is 9.08. The molecular weight excluding hydrogens is 282 g/mol. The highest BCUT2D eigenvalue weighted by molar-refractivity contribution is 7.08. The molecule has 0 unspecified atom stereocenters. The van der Waals surface area contributed by atoms with E-state index >= 15 is 0 Å². The molecule has 0 radical (unpaired) electrons. The fourth-order valence-corrected chi connectivity index (χ4v) is 3.60. The molecule has 1 fully saturated rings. The number of nitrogens with one attached hydrogen (secondary N) is 1. The number of hydrogen-bond acceptors (Lipinski definition) is 4. The second kappa shape index (κ2) is 6.18. The molecule has 0 saturated heterocycles. The highest BCUT2D eigenvalue weighted by atomic mass is 35.5. The van der Waals surface area contributed by atoms with Gasteiger partial charge in [-0.05, 0) is 30.3 Å². The lowest BCUT2D eigenvalue weighted by atomic mass is 9.83. The van der Waals surface area contributed by atoms with E-state index in [1.165, 1.54) is 18.0 Å². The van der Waals surface area contributed by atoms with Crippen molar-refractivity contribution in [1.82, 2.24) is 14.9 Å². The van der Waals surface area contributed by atoms with E-state index < -0.39 is 0 Å². The molecule has 106 valence electrons. The number of carbonyl (C=O) groups excluding carboxylic acids is 1. The summed E-state index contributed by atoms with van der Waals surface area (Å²) in [6.45, 7) is 4.04. The third kappa shape index (κ3) is 3.26. The van der Waals surface area contributed by atoms with Gasteiger partial charge >= 0.3 is 0 Å². The van der Waals surface area contributed by atoms with Crippen LogP contribution in [0, 0.1) is 0 Å². The summed E-state index contributed by atoms with van der Waals surface area (Å²) in [5.74, 6) is 0.612. The van der Waals surface area contributed by atoms with E-state index in [2.05, 4.69) is 14.9 Å². The topological polar surface area (TPSA) is 54.9 Å². The molecular formula is C13H20ClN3OS. The molecule has 1 aliphatic carbocycles. The molecule has 1 amide bonds. The van der Waals surface area contributed by atoms with E-state index in [0.29, 0.717) is 10.8 Å². The number of nitrogens with zero attached hydrogens (tertiary/aromatic N) is 2. The van der Waals surface area contributed by atoms with Crippen LogP contribution in [-0.4, -0.2) is 26.9 Å². The third-order valence-corrected chi connectivity index (χ3v) is 4.96. The predicted octanol–water partition coefficient (Wildman–Crippen LogP) is 3.33. The lowest BCUT2D eigenvalue weighted by Gasteiger charge is -2.36. The van der Waals surface area contributed by atoms with E-state index in [9.17, 15) is 4.79 Å². The van der Waals surface area contributed by atoms with Crippen molar-refractivity contribution in [3.63, 3.8) is 0 Å². The van der Waals surface area contributed by atoms with Crippen LogP contribution in [0.5, 0.6) is 0 Å². The monoisotopic (exact) mass is 301 g/mol. The molecule has 2 rings (SSSR count). The van der Waals surface area contributed by atoms with Crippen LogP contribution in [0.4, 0.5) is 0 Å². The summed E-state index contributed by atoms with van der Waals surface area (Å²) in [4.78, 5) is 13.1. The SMILES string of the molecule is CC(C)c1nnsc1C(=O)NC1(CCl)CCCCC1. The van der Waals surface area contributed by atoms with Gasteiger partial charge in [-0.3, -0.25) is 4.79 Å². The van der Waals surface area contributed by atoms with Gasteiger partial charge in [0.25, 0.3) is 5.91 Å². The van der Waals surface area contributed by atoms with Gasteiger partial charge in [0, 0.05) is 5.88 Å². The summed E-state index contributed by atoms with van der Waals surface area (Å²) >= 11 is 7.27. The second-order valence-electron chi connectivity index (χ2n) is 5.57. The van der Waals surface area contributed by atoms with Gasteiger partial charge in [-0.15, -0.1) is 16.7 Å². The Balaban J connectivity index is 2.13. The fraction of sp³-hybridized carbons (Fsp3) is 0.769. The van der Waals surface area contributed by atoms with Crippen molar-refractivity contribution in [3.05, 3.63) is 10.6 Å². The zero-order valence-corrected chi connectivity index (χ0v) is 13.0. The zero-order valence-electron chi connectivity index (χ0n) is 11.4. The summed E-state index contributed by atoms with van der Waals surface area (Å²) in [5, 5.41) is 7.19. The molecule has 1 saturated carbocycles. The average molecular weight is 302 g/mol. The van der Waals surface area contributed by atoms with Crippen LogP contribution < -0.4 is 5.32 Å². The molecule has 0 aromatic carbocycles. The zero-order chi connectivity index (χ0) is 13.9. The highest BCUT2D eigenvalue weighted by Gasteiger charge is 2.34. The molecule has 6 heteroatoms. The predicted molar refractivity (Wildman–Crippen MR) is 78.0 cm³/mol. The summed E-state index contributed by atoms with van der Waals surface area (Å²) < 4.78 is 3.90. The van der Waals surface area contributed by atoms with Crippen molar-refractivity contribution >= 4 is 29.0 Å². The molecule has 1 aromatic rings. The minimum absolute atomic E-state index is 0.0683. The molecule has 0 aliphatic heterocycles. The first-order valence-corrected chi connectivity index (χ1v) is 8.09. The number of amides is 1. The molecule has 1 aliphatic rings. The van der Waals surface area contributed by atoms with E-state index in [1.807, 2.05) is 13.8 Å². The van der Waals surface area contributed by atoms with E-state index in [1.54, 1.807) is 0 Å². The molecule has 0 atom stereocenters. The van der Waals surface area contributed by atoms with E-state index in [4.69, 9.17) is 11.6 Å². The van der Waals surface area contributed by atoms with Crippen molar-refractivity contribution in [2.45, 2.75) is 57.4 Å². The Labute approximate surface area is 123 Å². The van der Waals surface area contributed by atoms with Crippen molar-refractivity contribution in [1.29, 1.82) is 0 Å². The maximum absolute atomic E-state index is 12.4. The Morgan fingerprint density at radius 3 is 2.68 bits per heavy atom. The standard InChI is InChI=1S/C13H20ClN3OS/c1-9(2)10-11(19-17-16-10)12(18)15-13(8-14)6-4-3-5-7-13/h9H,3-8H2,1-2H3,(H,15,18). The lowest BCUT2D eigenvalue weighted by Crippen LogP contribution is -2.51. The smallest absolute Gasteiger partial charge is 0.265 e. The number of carbonyl (C=O) groups is 1. The van der Waals surface area contributed by atoms with Gasteiger partial charge in [0.05, 0.1) is 11.2 Å².